The first-order valence-electron chi connectivity index (χ1n) is 5.91. The van der Waals surface area contributed by atoms with E-state index in [0.29, 0.717) is 6.54 Å². The molecule has 19 heavy (non-hydrogen) atoms. The summed E-state index contributed by atoms with van der Waals surface area (Å²) in [6.07, 6.45) is 0. The van der Waals surface area contributed by atoms with Crippen molar-refractivity contribution in [2.24, 2.45) is 0 Å². The van der Waals surface area contributed by atoms with E-state index in [4.69, 9.17) is 0 Å². The fourth-order valence-corrected chi connectivity index (χ4v) is 3.98. The molecular formula is C14H14BrNOS2. The molecule has 0 unspecified atom stereocenters. The van der Waals surface area contributed by atoms with Gasteiger partial charge in [0.05, 0.1) is 3.79 Å². The summed E-state index contributed by atoms with van der Waals surface area (Å²) in [5.41, 5.74) is 0.717. The fraction of sp³-hybridized carbons (Fsp3) is 0.214. The Kier molecular flexibility index (Phi) is 5.94. The largest absolute Gasteiger partial charge is 0.351 e. The lowest BCUT2D eigenvalue weighted by Crippen LogP contribution is -2.25. The molecule has 0 atom stereocenters. The van der Waals surface area contributed by atoms with E-state index in [1.807, 2.05) is 42.1 Å². The van der Waals surface area contributed by atoms with Gasteiger partial charge in [-0.25, -0.2) is 0 Å². The lowest BCUT2D eigenvalue weighted by molar-refractivity contribution is 0.0956. The number of carbonyl (C=O) groups is 1. The first kappa shape index (κ1) is 14.6. The number of hydrogen-bond acceptors (Lipinski definition) is 3. The van der Waals surface area contributed by atoms with Crippen molar-refractivity contribution in [2.45, 2.75) is 5.75 Å². The Balaban J connectivity index is 1.63. The number of halogens is 1. The van der Waals surface area contributed by atoms with Crippen molar-refractivity contribution in [1.82, 2.24) is 5.32 Å². The Morgan fingerprint density at radius 3 is 2.68 bits per heavy atom. The van der Waals surface area contributed by atoms with E-state index in [0.717, 1.165) is 17.1 Å². The summed E-state index contributed by atoms with van der Waals surface area (Å²) < 4.78 is 1.17. The Morgan fingerprint density at radius 2 is 2.00 bits per heavy atom. The first-order chi connectivity index (χ1) is 9.25. The highest BCUT2D eigenvalue weighted by atomic mass is 79.9. The molecule has 1 heterocycles. The van der Waals surface area contributed by atoms with Crippen LogP contribution in [-0.4, -0.2) is 18.2 Å². The molecule has 100 valence electrons. The maximum Gasteiger partial charge on any atom is 0.251 e. The molecular weight excluding hydrogens is 342 g/mol. The van der Waals surface area contributed by atoms with Gasteiger partial charge in [0.25, 0.3) is 5.91 Å². The molecule has 0 aliphatic carbocycles. The average Bonchev–Trinajstić information content (AvgIpc) is 2.85. The zero-order valence-electron chi connectivity index (χ0n) is 10.3. The Morgan fingerprint density at radius 1 is 1.21 bits per heavy atom. The molecule has 1 aromatic carbocycles. The van der Waals surface area contributed by atoms with Crippen LogP contribution in [0.25, 0.3) is 0 Å². The van der Waals surface area contributed by atoms with Crippen molar-refractivity contribution in [2.75, 3.05) is 12.3 Å². The summed E-state index contributed by atoms with van der Waals surface area (Å²) in [7, 11) is 0. The van der Waals surface area contributed by atoms with Crippen LogP contribution in [-0.2, 0) is 5.75 Å². The molecule has 2 nitrogen and oxygen atoms in total. The molecule has 0 aliphatic heterocycles. The van der Waals surface area contributed by atoms with Gasteiger partial charge in [-0.3, -0.25) is 4.79 Å². The third kappa shape index (κ3) is 5.01. The van der Waals surface area contributed by atoms with Crippen molar-refractivity contribution in [3.63, 3.8) is 0 Å². The van der Waals surface area contributed by atoms with E-state index >= 15 is 0 Å². The van der Waals surface area contributed by atoms with Crippen LogP contribution in [0.4, 0.5) is 0 Å². The SMILES string of the molecule is O=C(NCCSCc1ccc(Br)s1)c1ccccc1. The number of thioether (sulfide) groups is 1. The van der Waals surface area contributed by atoms with Crippen molar-refractivity contribution in [3.8, 4) is 0 Å². The molecule has 0 saturated carbocycles. The monoisotopic (exact) mass is 355 g/mol. The van der Waals surface area contributed by atoms with Crippen molar-refractivity contribution in [1.29, 1.82) is 0 Å². The van der Waals surface area contributed by atoms with Gasteiger partial charge in [-0.1, -0.05) is 18.2 Å². The van der Waals surface area contributed by atoms with Gasteiger partial charge < -0.3 is 5.32 Å². The Hall–Kier alpha value is -0.780. The van der Waals surface area contributed by atoms with Gasteiger partial charge in [0.1, 0.15) is 0 Å². The molecule has 1 amide bonds. The van der Waals surface area contributed by atoms with Crippen molar-refractivity contribution in [3.05, 3.63) is 56.7 Å². The summed E-state index contributed by atoms with van der Waals surface area (Å²) in [6.45, 7) is 0.699. The number of rotatable bonds is 6. The number of carbonyl (C=O) groups excluding carboxylic acids is 1. The number of nitrogens with one attached hydrogen (secondary N) is 1. The van der Waals surface area contributed by atoms with Crippen LogP contribution in [0.5, 0.6) is 0 Å². The topological polar surface area (TPSA) is 29.1 Å². The second-order valence-electron chi connectivity index (χ2n) is 3.88. The van der Waals surface area contributed by atoms with Crippen LogP contribution in [0, 0.1) is 0 Å². The maximum absolute atomic E-state index is 11.8. The summed E-state index contributed by atoms with van der Waals surface area (Å²) in [6, 6.07) is 13.5. The Bertz CT molecular complexity index is 527. The smallest absolute Gasteiger partial charge is 0.251 e. The van der Waals surface area contributed by atoms with E-state index in [1.54, 1.807) is 11.3 Å². The fourth-order valence-electron chi connectivity index (χ4n) is 1.53. The second kappa shape index (κ2) is 7.72. The highest BCUT2D eigenvalue weighted by Gasteiger charge is 2.03. The minimum Gasteiger partial charge on any atom is -0.351 e. The van der Waals surface area contributed by atoms with E-state index in [2.05, 4.69) is 33.4 Å². The predicted octanol–water partition coefficient (Wildman–Crippen LogP) is 4.17. The van der Waals surface area contributed by atoms with Crippen molar-refractivity contribution < 1.29 is 4.79 Å². The van der Waals surface area contributed by atoms with Crippen molar-refractivity contribution >= 4 is 44.9 Å². The molecule has 0 fully saturated rings. The summed E-state index contributed by atoms with van der Waals surface area (Å²) in [4.78, 5) is 13.1. The van der Waals surface area contributed by atoms with E-state index in [9.17, 15) is 4.79 Å². The van der Waals surface area contributed by atoms with Crippen LogP contribution in [0.3, 0.4) is 0 Å². The highest BCUT2D eigenvalue weighted by Crippen LogP contribution is 2.25. The molecule has 1 N–H and O–H groups in total. The quantitative estimate of drug-likeness (QED) is 0.787. The lowest BCUT2D eigenvalue weighted by atomic mass is 10.2. The number of amides is 1. The van der Waals surface area contributed by atoms with Crippen LogP contribution < -0.4 is 5.32 Å². The number of hydrogen-bond donors (Lipinski definition) is 1. The summed E-state index contributed by atoms with van der Waals surface area (Å²) >= 11 is 7.04. The number of thiophene rings is 1. The highest BCUT2D eigenvalue weighted by molar-refractivity contribution is 9.11. The molecule has 0 aliphatic rings. The van der Waals surface area contributed by atoms with Gasteiger partial charge in [-0.05, 0) is 40.2 Å². The van der Waals surface area contributed by atoms with Gasteiger partial charge in [0.15, 0.2) is 0 Å². The molecule has 5 heteroatoms. The van der Waals surface area contributed by atoms with Gasteiger partial charge in [-0.2, -0.15) is 11.8 Å². The van der Waals surface area contributed by atoms with Crippen LogP contribution >= 0.6 is 39.0 Å². The van der Waals surface area contributed by atoms with E-state index < -0.39 is 0 Å². The number of benzene rings is 1. The zero-order chi connectivity index (χ0) is 13.5. The molecule has 0 radical (unpaired) electrons. The third-order valence-corrected chi connectivity index (χ3v) is 5.26. The average molecular weight is 356 g/mol. The first-order valence-corrected chi connectivity index (χ1v) is 8.67. The predicted molar refractivity (Wildman–Crippen MR) is 87.0 cm³/mol. The molecule has 0 spiro atoms. The van der Waals surface area contributed by atoms with Gasteiger partial charge >= 0.3 is 0 Å². The second-order valence-corrected chi connectivity index (χ2v) is 7.53. The van der Waals surface area contributed by atoms with E-state index in [-0.39, 0.29) is 5.91 Å². The third-order valence-electron chi connectivity index (χ3n) is 2.44. The van der Waals surface area contributed by atoms with Gasteiger partial charge in [-0.15, -0.1) is 11.3 Å². The molecule has 2 aromatic rings. The molecule has 2 rings (SSSR count). The summed E-state index contributed by atoms with van der Waals surface area (Å²) in [5.74, 6) is 1.92. The van der Waals surface area contributed by atoms with Gasteiger partial charge in [0.2, 0.25) is 0 Å². The van der Waals surface area contributed by atoms with Crippen LogP contribution in [0.2, 0.25) is 0 Å². The zero-order valence-corrected chi connectivity index (χ0v) is 13.5. The van der Waals surface area contributed by atoms with Crippen LogP contribution in [0.1, 0.15) is 15.2 Å². The molecule has 0 bridgehead atoms. The van der Waals surface area contributed by atoms with E-state index in [1.165, 1.54) is 8.66 Å². The van der Waals surface area contributed by atoms with Gasteiger partial charge in [0, 0.05) is 28.5 Å². The summed E-state index contributed by atoms with van der Waals surface area (Å²) in [5, 5.41) is 2.92. The maximum atomic E-state index is 11.8. The molecule has 1 aromatic heterocycles. The normalized spacial score (nSPS) is 10.4. The minimum absolute atomic E-state index is 0.0000630. The lowest BCUT2D eigenvalue weighted by Gasteiger charge is -2.04. The molecule has 0 saturated heterocycles. The van der Waals surface area contributed by atoms with Crippen LogP contribution in [0.15, 0.2) is 46.3 Å². The minimum atomic E-state index is 0.0000630. The Labute approximate surface area is 129 Å². The standard InChI is InChI=1S/C14H14BrNOS2/c15-13-7-6-12(19-13)10-18-9-8-16-14(17)11-4-2-1-3-5-11/h1-7H,8-10H2,(H,16,17).